The normalized spacial score (nSPS) is 29.2. The summed E-state index contributed by atoms with van der Waals surface area (Å²) in [5, 5.41) is 11.7. The van der Waals surface area contributed by atoms with Gasteiger partial charge in [0.1, 0.15) is 18.5 Å². The molecule has 9 heteroatoms. The van der Waals surface area contributed by atoms with E-state index in [1.165, 1.54) is 7.11 Å². The van der Waals surface area contributed by atoms with Crippen molar-refractivity contribution >= 4 is 17.6 Å². The predicted octanol–water partition coefficient (Wildman–Crippen LogP) is 6.39. The van der Waals surface area contributed by atoms with Crippen molar-refractivity contribution in [1.29, 1.82) is 0 Å². The van der Waals surface area contributed by atoms with Gasteiger partial charge in [-0.3, -0.25) is 4.79 Å². The third-order valence-electron chi connectivity index (χ3n) is 8.13. The van der Waals surface area contributed by atoms with Crippen LogP contribution in [0.25, 0.3) is 0 Å². The van der Waals surface area contributed by atoms with Gasteiger partial charge in [0.05, 0.1) is 19.3 Å². The zero-order chi connectivity index (χ0) is 29.6. The lowest BCUT2D eigenvalue weighted by Crippen LogP contribution is -2.32. The molecular weight excluding hydrogens is 560 g/mol. The fraction of sp³-hybridized carbons (Fsp3) is 0.667. The minimum atomic E-state index is -0.503. The van der Waals surface area contributed by atoms with Crippen LogP contribution in [0.15, 0.2) is 48.6 Å². The molecule has 3 aliphatic rings. The summed E-state index contributed by atoms with van der Waals surface area (Å²) in [6, 6.07) is 7.33. The number of rotatable bonds is 15. The summed E-state index contributed by atoms with van der Waals surface area (Å²) in [6.07, 6.45) is 15.9. The summed E-state index contributed by atoms with van der Waals surface area (Å²) in [7, 11) is 1.41. The maximum absolute atomic E-state index is 11.4. The third kappa shape index (κ3) is 11.0. The number of esters is 1. The Morgan fingerprint density at radius 1 is 1.12 bits per heavy atom. The standard InChI is InChI=1S/C33H47ClO8/c1-37-31(36)14-5-3-2-4-13-27-28(30(22-29(27)35)42-33-16-7-9-20-39-33)18-17-26(41-32-15-6-8-19-38-32)23-40-25-12-10-11-24(34)21-25/h2,4,10-12,17-18,21,26-30,32-33,35H,3,5-9,13-16,19-20,22-23H2,1H3/t26-,27-,28-,29+,30-,32?,33?/m1/s1. The Morgan fingerprint density at radius 2 is 1.90 bits per heavy atom. The second kappa shape index (κ2) is 18.0. The van der Waals surface area contributed by atoms with E-state index >= 15 is 0 Å². The maximum atomic E-state index is 11.4. The summed E-state index contributed by atoms with van der Waals surface area (Å²) in [6.45, 7) is 1.70. The lowest BCUT2D eigenvalue weighted by Gasteiger charge is -2.30. The number of hydrogen-bond donors (Lipinski definition) is 1. The SMILES string of the molecule is COC(=O)CCCC=CC[C@@H]1[C@@H](C=C[C@H](COc2cccc(Cl)c2)OC2CCCCO2)[C@H](OC2CCCCO2)C[C@@H]1O. The van der Waals surface area contributed by atoms with Crippen molar-refractivity contribution in [2.45, 2.75) is 102 Å². The molecule has 0 aromatic heterocycles. The van der Waals surface area contributed by atoms with Crippen molar-refractivity contribution in [3.63, 3.8) is 0 Å². The quantitative estimate of drug-likeness (QED) is 0.140. The third-order valence-corrected chi connectivity index (χ3v) is 8.37. The van der Waals surface area contributed by atoms with Crippen LogP contribution in [0.3, 0.4) is 0 Å². The zero-order valence-electron chi connectivity index (χ0n) is 24.7. The molecule has 8 nitrogen and oxygen atoms in total. The Balaban J connectivity index is 1.45. The van der Waals surface area contributed by atoms with E-state index in [4.69, 9.17) is 40.0 Å². The monoisotopic (exact) mass is 606 g/mol. The van der Waals surface area contributed by atoms with Gasteiger partial charge in [0.25, 0.3) is 0 Å². The largest absolute Gasteiger partial charge is 0.490 e. The first kappa shape index (κ1) is 33.0. The van der Waals surface area contributed by atoms with Crippen LogP contribution in [0.5, 0.6) is 5.75 Å². The second-order valence-electron chi connectivity index (χ2n) is 11.3. The molecule has 1 aromatic rings. The fourth-order valence-electron chi connectivity index (χ4n) is 5.82. The van der Waals surface area contributed by atoms with E-state index in [2.05, 4.69) is 18.2 Å². The number of methoxy groups -OCH3 is 1. The number of carbonyl (C=O) groups is 1. The van der Waals surface area contributed by atoms with Gasteiger partial charge in [0.15, 0.2) is 12.6 Å². The molecule has 1 aliphatic carbocycles. The fourth-order valence-corrected chi connectivity index (χ4v) is 6.00. The molecule has 234 valence electrons. The topological polar surface area (TPSA) is 92.7 Å². The van der Waals surface area contributed by atoms with Gasteiger partial charge in [-0.25, -0.2) is 0 Å². The number of allylic oxidation sites excluding steroid dienone is 2. The molecule has 0 radical (unpaired) electrons. The highest BCUT2D eigenvalue weighted by atomic mass is 35.5. The first-order chi connectivity index (χ1) is 20.5. The number of aliphatic hydroxyl groups is 1. The minimum Gasteiger partial charge on any atom is -0.490 e. The number of halogens is 1. The van der Waals surface area contributed by atoms with Gasteiger partial charge in [-0.1, -0.05) is 42.0 Å². The minimum absolute atomic E-state index is 0.0212. The van der Waals surface area contributed by atoms with Crippen LogP contribution in [0.1, 0.15) is 70.6 Å². The molecule has 0 spiro atoms. The Morgan fingerprint density at radius 3 is 2.62 bits per heavy atom. The summed E-state index contributed by atoms with van der Waals surface area (Å²) < 4.78 is 35.4. The van der Waals surface area contributed by atoms with Crippen molar-refractivity contribution in [3.05, 3.63) is 53.6 Å². The van der Waals surface area contributed by atoms with E-state index in [0.717, 1.165) is 51.4 Å². The molecule has 1 aromatic carbocycles. The van der Waals surface area contributed by atoms with E-state index in [1.807, 2.05) is 24.3 Å². The summed E-state index contributed by atoms with van der Waals surface area (Å²) in [4.78, 5) is 11.4. The highest BCUT2D eigenvalue weighted by Gasteiger charge is 2.42. The van der Waals surface area contributed by atoms with Gasteiger partial charge in [0.2, 0.25) is 0 Å². The molecule has 3 fully saturated rings. The number of hydrogen-bond acceptors (Lipinski definition) is 8. The van der Waals surface area contributed by atoms with Crippen LogP contribution in [-0.2, 0) is 28.5 Å². The molecule has 7 atom stereocenters. The van der Waals surface area contributed by atoms with Crippen molar-refractivity contribution in [3.8, 4) is 5.75 Å². The lowest BCUT2D eigenvalue weighted by atomic mass is 9.89. The van der Waals surface area contributed by atoms with Gasteiger partial charge >= 0.3 is 5.97 Å². The lowest BCUT2D eigenvalue weighted by molar-refractivity contribution is -0.193. The molecule has 0 bridgehead atoms. The smallest absolute Gasteiger partial charge is 0.305 e. The predicted molar refractivity (Wildman–Crippen MR) is 160 cm³/mol. The number of carbonyl (C=O) groups excluding carboxylic acids is 1. The van der Waals surface area contributed by atoms with Crippen molar-refractivity contribution < 1.29 is 38.3 Å². The molecule has 2 unspecified atom stereocenters. The van der Waals surface area contributed by atoms with Gasteiger partial charge in [-0.2, -0.15) is 0 Å². The van der Waals surface area contributed by atoms with Crippen LogP contribution < -0.4 is 4.74 Å². The molecule has 2 heterocycles. The van der Waals surface area contributed by atoms with Crippen LogP contribution >= 0.6 is 11.6 Å². The van der Waals surface area contributed by atoms with Crippen molar-refractivity contribution in [1.82, 2.24) is 0 Å². The molecule has 1 N–H and O–H groups in total. The summed E-state index contributed by atoms with van der Waals surface area (Å²) in [5.74, 6) is 0.428. The van der Waals surface area contributed by atoms with E-state index in [0.29, 0.717) is 49.9 Å². The highest BCUT2D eigenvalue weighted by Crippen LogP contribution is 2.39. The molecule has 4 rings (SSSR count). The maximum Gasteiger partial charge on any atom is 0.305 e. The number of benzene rings is 1. The number of unbranched alkanes of at least 4 members (excludes halogenated alkanes) is 1. The van der Waals surface area contributed by atoms with Crippen molar-refractivity contribution in [2.24, 2.45) is 11.8 Å². The molecule has 2 saturated heterocycles. The Hall–Kier alpha value is -1.94. The Kier molecular flexibility index (Phi) is 14.1. The number of ether oxygens (including phenoxy) is 6. The first-order valence-corrected chi connectivity index (χ1v) is 15.9. The van der Waals surface area contributed by atoms with Gasteiger partial charge < -0.3 is 33.5 Å². The first-order valence-electron chi connectivity index (χ1n) is 15.5. The van der Waals surface area contributed by atoms with Crippen LogP contribution in [0.4, 0.5) is 0 Å². The Labute approximate surface area is 255 Å². The molecule has 2 aliphatic heterocycles. The van der Waals surface area contributed by atoms with Gasteiger partial charge in [0, 0.05) is 37.0 Å². The van der Waals surface area contributed by atoms with Crippen LogP contribution in [0, 0.1) is 11.8 Å². The summed E-state index contributed by atoms with van der Waals surface area (Å²) >= 11 is 6.16. The van der Waals surface area contributed by atoms with Crippen molar-refractivity contribution in [2.75, 3.05) is 26.9 Å². The molecule has 1 saturated carbocycles. The van der Waals surface area contributed by atoms with E-state index in [1.54, 1.807) is 6.07 Å². The second-order valence-corrected chi connectivity index (χ2v) is 11.8. The van der Waals surface area contributed by atoms with E-state index < -0.39 is 6.10 Å². The average molecular weight is 607 g/mol. The summed E-state index contributed by atoms with van der Waals surface area (Å²) in [5.41, 5.74) is 0. The molecule has 0 amide bonds. The van der Waals surface area contributed by atoms with E-state index in [-0.39, 0.29) is 42.6 Å². The molecular formula is C33H47ClO8. The van der Waals surface area contributed by atoms with Gasteiger partial charge in [-0.15, -0.1) is 0 Å². The van der Waals surface area contributed by atoms with E-state index in [9.17, 15) is 9.90 Å². The average Bonchev–Trinajstić information content (AvgIpc) is 3.30. The zero-order valence-corrected chi connectivity index (χ0v) is 25.5. The highest BCUT2D eigenvalue weighted by molar-refractivity contribution is 6.30. The molecule has 42 heavy (non-hydrogen) atoms. The Bertz CT molecular complexity index is 988. The van der Waals surface area contributed by atoms with Gasteiger partial charge in [-0.05, 0) is 81.9 Å². The van der Waals surface area contributed by atoms with Crippen LogP contribution in [0.2, 0.25) is 5.02 Å². The number of aliphatic hydroxyl groups excluding tert-OH is 1. The van der Waals surface area contributed by atoms with Crippen LogP contribution in [-0.4, -0.2) is 68.9 Å².